The second-order valence-electron chi connectivity index (χ2n) is 4.21. The van der Waals surface area contributed by atoms with Gasteiger partial charge in [0.15, 0.2) is 5.03 Å². The van der Waals surface area contributed by atoms with E-state index in [1.807, 2.05) is 0 Å². The van der Waals surface area contributed by atoms with E-state index < -0.39 is 22.7 Å². The topological polar surface area (TPSA) is 84.1 Å². The molecule has 0 radical (unpaired) electrons. The van der Waals surface area contributed by atoms with Gasteiger partial charge in [-0.25, -0.2) is 13.1 Å². The fourth-order valence-corrected chi connectivity index (χ4v) is 2.86. The number of aromatic nitrogens is 2. The standard InChI is InChI=1S/C12H13F2N3O3S/c1-8(17-21(18,19)11-5-6-15-16-11)9-3-2-4-10(7-9)20-12(13)14/h2-8,12,17H,1H3,(H,15,16). The summed E-state index contributed by atoms with van der Waals surface area (Å²) in [6.07, 6.45) is 1.32. The highest BCUT2D eigenvalue weighted by Crippen LogP contribution is 2.22. The van der Waals surface area contributed by atoms with Gasteiger partial charge in [-0.15, -0.1) is 0 Å². The molecule has 6 nitrogen and oxygen atoms in total. The van der Waals surface area contributed by atoms with Gasteiger partial charge in [0.2, 0.25) is 0 Å². The first-order chi connectivity index (χ1) is 9.88. The summed E-state index contributed by atoms with van der Waals surface area (Å²) in [7, 11) is -3.76. The predicted molar refractivity (Wildman–Crippen MR) is 70.4 cm³/mol. The summed E-state index contributed by atoms with van der Waals surface area (Å²) in [5, 5.41) is 5.84. The van der Waals surface area contributed by atoms with Gasteiger partial charge in [-0.05, 0) is 30.7 Å². The van der Waals surface area contributed by atoms with Crippen molar-refractivity contribution in [2.75, 3.05) is 0 Å². The molecule has 0 aliphatic carbocycles. The summed E-state index contributed by atoms with van der Waals surface area (Å²) in [4.78, 5) is 0. The molecular formula is C12H13F2N3O3S. The summed E-state index contributed by atoms with van der Waals surface area (Å²) >= 11 is 0. The first-order valence-corrected chi connectivity index (χ1v) is 7.43. The quantitative estimate of drug-likeness (QED) is 0.854. The number of ether oxygens (including phenoxy) is 1. The zero-order valence-corrected chi connectivity index (χ0v) is 11.8. The summed E-state index contributed by atoms with van der Waals surface area (Å²) < 4.78 is 55.0. The van der Waals surface area contributed by atoms with Crippen molar-refractivity contribution >= 4 is 10.0 Å². The van der Waals surface area contributed by atoms with E-state index in [1.54, 1.807) is 13.0 Å². The Labute approximate surface area is 120 Å². The number of alkyl halides is 2. The van der Waals surface area contributed by atoms with Crippen LogP contribution in [0.2, 0.25) is 0 Å². The number of nitrogens with one attached hydrogen (secondary N) is 2. The van der Waals surface area contributed by atoms with E-state index in [9.17, 15) is 17.2 Å². The first kappa shape index (κ1) is 15.4. The van der Waals surface area contributed by atoms with Crippen LogP contribution in [0.3, 0.4) is 0 Å². The monoisotopic (exact) mass is 317 g/mol. The van der Waals surface area contributed by atoms with E-state index in [4.69, 9.17) is 0 Å². The largest absolute Gasteiger partial charge is 0.435 e. The molecule has 0 amide bonds. The molecule has 1 atom stereocenters. The molecule has 21 heavy (non-hydrogen) atoms. The Balaban J connectivity index is 2.15. The smallest absolute Gasteiger partial charge is 0.387 e. The van der Waals surface area contributed by atoms with Gasteiger partial charge >= 0.3 is 6.61 Å². The molecule has 0 saturated carbocycles. The molecule has 0 saturated heterocycles. The molecular weight excluding hydrogens is 304 g/mol. The average Bonchev–Trinajstić information content (AvgIpc) is 2.92. The van der Waals surface area contributed by atoms with Gasteiger partial charge in [-0.3, -0.25) is 5.10 Å². The molecule has 0 aliphatic rings. The van der Waals surface area contributed by atoms with E-state index in [2.05, 4.69) is 19.7 Å². The van der Waals surface area contributed by atoms with Crippen molar-refractivity contribution in [1.82, 2.24) is 14.9 Å². The number of hydrogen-bond acceptors (Lipinski definition) is 4. The van der Waals surface area contributed by atoms with E-state index in [0.29, 0.717) is 5.56 Å². The third-order valence-electron chi connectivity index (χ3n) is 2.68. The summed E-state index contributed by atoms with van der Waals surface area (Å²) in [5.74, 6) is -0.0323. The minimum atomic E-state index is -3.76. The minimum absolute atomic E-state index is 0.0323. The van der Waals surface area contributed by atoms with Gasteiger partial charge in [-0.2, -0.15) is 13.9 Å². The van der Waals surface area contributed by atoms with E-state index in [1.165, 1.54) is 30.5 Å². The van der Waals surface area contributed by atoms with E-state index in [-0.39, 0.29) is 10.8 Å². The average molecular weight is 317 g/mol. The maximum Gasteiger partial charge on any atom is 0.387 e. The molecule has 114 valence electrons. The second-order valence-corrected chi connectivity index (χ2v) is 5.90. The number of hydrogen-bond donors (Lipinski definition) is 2. The SMILES string of the molecule is CC(NS(=O)(=O)c1ccn[nH]1)c1cccc(OC(F)F)c1. The Morgan fingerprint density at radius 1 is 1.33 bits per heavy atom. The lowest BCUT2D eigenvalue weighted by Crippen LogP contribution is -2.27. The van der Waals surface area contributed by atoms with Crippen LogP contribution in [-0.2, 0) is 10.0 Å². The van der Waals surface area contributed by atoms with Gasteiger partial charge in [0.25, 0.3) is 10.0 Å². The fraction of sp³-hybridized carbons (Fsp3) is 0.250. The van der Waals surface area contributed by atoms with Crippen molar-refractivity contribution in [1.29, 1.82) is 0 Å². The van der Waals surface area contributed by atoms with Gasteiger partial charge < -0.3 is 4.74 Å². The van der Waals surface area contributed by atoms with Crippen LogP contribution in [0.4, 0.5) is 8.78 Å². The number of benzene rings is 1. The Morgan fingerprint density at radius 3 is 2.71 bits per heavy atom. The molecule has 0 aliphatic heterocycles. The maximum absolute atomic E-state index is 12.2. The molecule has 1 aromatic heterocycles. The summed E-state index contributed by atoms with van der Waals surface area (Å²) in [5.41, 5.74) is 0.497. The third kappa shape index (κ3) is 3.99. The van der Waals surface area contributed by atoms with Crippen molar-refractivity contribution < 1.29 is 21.9 Å². The highest BCUT2D eigenvalue weighted by molar-refractivity contribution is 7.89. The van der Waals surface area contributed by atoms with Crippen LogP contribution in [-0.4, -0.2) is 25.2 Å². The number of aromatic amines is 1. The molecule has 1 unspecified atom stereocenters. The fourth-order valence-electron chi connectivity index (χ4n) is 1.72. The highest BCUT2D eigenvalue weighted by atomic mass is 32.2. The Hall–Kier alpha value is -2.00. The van der Waals surface area contributed by atoms with E-state index in [0.717, 1.165) is 0 Å². The third-order valence-corrected chi connectivity index (χ3v) is 4.15. The second kappa shape index (κ2) is 6.19. The van der Waals surface area contributed by atoms with Gasteiger partial charge in [0.1, 0.15) is 5.75 Å². The molecule has 1 heterocycles. The van der Waals surface area contributed by atoms with Crippen molar-refractivity contribution in [3.8, 4) is 5.75 Å². The Kier molecular flexibility index (Phi) is 4.53. The van der Waals surface area contributed by atoms with E-state index >= 15 is 0 Å². The van der Waals surface area contributed by atoms with Crippen LogP contribution in [0.1, 0.15) is 18.5 Å². The number of nitrogens with zero attached hydrogens (tertiary/aromatic N) is 1. The van der Waals surface area contributed by atoms with Crippen molar-refractivity contribution in [3.63, 3.8) is 0 Å². The van der Waals surface area contributed by atoms with Crippen LogP contribution in [0.5, 0.6) is 5.75 Å². The Morgan fingerprint density at radius 2 is 2.10 bits per heavy atom. The zero-order chi connectivity index (χ0) is 15.5. The lowest BCUT2D eigenvalue weighted by atomic mass is 10.1. The van der Waals surface area contributed by atoms with Crippen LogP contribution in [0, 0.1) is 0 Å². The molecule has 0 spiro atoms. The van der Waals surface area contributed by atoms with Crippen LogP contribution in [0.15, 0.2) is 41.6 Å². The predicted octanol–water partition coefficient (Wildman–Crippen LogP) is 2.05. The van der Waals surface area contributed by atoms with Gasteiger partial charge in [-0.1, -0.05) is 12.1 Å². The molecule has 2 N–H and O–H groups in total. The number of halogens is 2. The van der Waals surface area contributed by atoms with Gasteiger partial charge in [0, 0.05) is 6.04 Å². The summed E-state index contributed by atoms with van der Waals surface area (Å²) in [6, 6.07) is 6.52. The molecule has 0 bridgehead atoms. The van der Waals surface area contributed by atoms with Crippen molar-refractivity contribution in [2.24, 2.45) is 0 Å². The lowest BCUT2D eigenvalue weighted by Gasteiger charge is -2.15. The number of H-pyrrole nitrogens is 1. The Bertz CT molecular complexity index is 690. The lowest BCUT2D eigenvalue weighted by molar-refractivity contribution is -0.0499. The van der Waals surface area contributed by atoms with Crippen LogP contribution in [0.25, 0.3) is 0 Å². The van der Waals surface area contributed by atoms with Crippen molar-refractivity contribution in [2.45, 2.75) is 24.6 Å². The van der Waals surface area contributed by atoms with Crippen molar-refractivity contribution in [3.05, 3.63) is 42.1 Å². The summed E-state index contributed by atoms with van der Waals surface area (Å²) in [6.45, 7) is -1.34. The number of sulfonamides is 1. The minimum Gasteiger partial charge on any atom is -0.435 e. The van der Waals surface area contributed by atoms with Crippen LogP contribution >= 0.6 is 0 Å². The van der Waals surface area contributed by atoms with Crippen LogP contribution < -0.4 is 9.46 Å². The molecule has 1 aromatic carbocycles. The number of rotatable bonds is 6. The first-order valence-electron chi connectivity index (χ1n) is 5.95. The molecule has 0 fully saturated rings. The molecule has 9 heteroatoms. The maximum atomic E-state index is 12.2. The van der Waals surface area contributed by atoms with Gasteiger partial charge in [0.05, 0.1) is 6.20 Å². The molecule has 2 aromatic rings. The zero-order valence-electron chi connectivity index (χ0n) is 11.0. The normalized spacial score (nSPS) is 13.3. The highest BCUT2D eigenvalue weighted by Gasteiger charge is 2.20. The molecule has 2 rings (SSSR count).